The Labute approximate surface area is 145 Å². The topological polar surface area (TPSA) is 99.0 Å². The summed E-state index contributed by atoms with van der Waals surface area (Å²) in [6.07, 6.45) is 0. The van der Waals surface area contributed by atoms with Gasteiger partial charge in [0.1, 0.15) is 5.75 Å². The molecule has 0 spiro atoms. The van der Waals surface area contributed by atoms with E-state index in [1.807, 2.05) is 6.92 Å². The van der Waals surface area contributed by atoms with Crippen LogP contribution in [0.3, 0.4) is 0 Å². The van der Waals surface area contributed by atoms with Crippen LogP contribution in [0.5, 0.6) is 5.75 Å². The Morgan fingerprint density at radius 1 is 1.08 bits per heavy atom. The van der Waals surface area contributed by atoms with E-state index in [2.05, 4.69) is 20.2 Å². The highest BCUT2D eigenvalue weighted by Crippen LogP contribution is 2.25. The van der Waals surface area contributed by atoms with E-state index in [-0.39, 0.29) is 4.90 Å². The van der Waals surface area contributed by atoms with Crippen LogP contribution in [0.25, 0.3) is 5.69 Å². The van der Waals surface area contributed by atoms with Gasteiger partial charge in [0.25, 0.3) is 10.0 Å². The fourth-order valence-corrected chi connectivity index (χ4v) is 3.32. The summed E-state index contributed by atoms with van der Waals surface area (Å²) < 4.78 is 34.5. The molecule has 2 aromatic carbocycles. The molecule has 0 atom stereocenters. The van der Waals surface area contributed by atoms with Crippen LogP contribution in [0.2, 0.25) is 0 Å². The fraction of sp³-hybridized carbons (Fsp3) is 0.188. The molecule has 0 aliphatic rings. The summed E-state index contributed by atoms with van der Waals surface area (Å²) in [6, 6.07) is 11.6. The van der Waals surface area contributed by atoms with Gasteiger partial charge in [0.05, 0.1) is 23.4 Å². The van der Waals surface area contributed by atoms with E-state index in [1.165, 1.54) is 11.8 Å². The highest BCUT2D eigenvalue weighted by Gasteiger charge is 2.16. The Kier molecular flexibility index (Phi) is 4.41. The van der Waals surface area contributed by atoms with Gasteiger partial charge < -0.3 is 4.74 Å². The molecular formula is C16H17N5O3S. The van der Waals surface area contributed by atoms with Crippen molar-refractivity contribution in [2.24, 2.45) is 0 Å². The first kappa shape index (κ1) is 16.9. The third-order valence-electron chi connectivity index (χ3n) is 3.58. The van der Waals surface area contributed by atoms with Crippen molar-refractivity contribution in [1.82, 2.24) is 20.2 Å². The Morgan fingerprint density at radius 2 is 1.80 bits per heavy atom. The highest BCUT2D eigenvalue weighted by molar-refractivity contribution is 7.92. The summed E-state index contributed by atoms with van der Waals surface area (Å²) in [5.41, 5.74) is 1.92. The molecule has 0 saturated heterocycles. The first-order valence-corrected chi connectivity index (χ1v) is 8.91. The average Bonchev–Trinajstić information content (AvgIpc) is 3.00. The second-order valence-electron chi connectivity index (χ2n) is 5.48. The number of nitrogens with one attached hydrogen (secondary N) is 1. The number of rotatable bonds is 5. The summed E-state index contributed by atoms with van der Waals surface area (Å²) in [5, 5.41) is 11.3. The molecule has 9 heteroatoms. The van der Waals surface area contributed by atoms with Gasteiger partial charge in [-0.1, -0.05) is 17.7 Å². The maximum absolute atomic E-state index is 12.6. The van der Waals surface area contributed by atoms with E-state index in [4.69, 9.17) is 4.74 Å². The van der Waals surface area contributed by atoms with Crippen LogP contribution in [-0.2, 0) is 10.0 Å². The van der Waals surface area contributed by atoms with Crippen LogP contribution in [0, 0.1) is 13.8 Å². The SMILES string of the molecule is COc1cc(NS(=O)(=O)c2ccc(C)cc2)cc(-n2nnnc2C)c1. The molecule has 0 unspecified atom stereocenters. The van der Waals surface area contributed by atoms with Crippen molar-refractivity contribution in [2.75, 3.05) is 11.8 Å². The standard InChI is InChI=1S/C16H17N5O3S/c1-11-4-6-16(7-5-11)25(22,23)18-13-8-14(10-15(9-13)24-3)21-12(2)17-19-20-21/h4-10,18H,1-3H3. The van der Waals surface area contributed by atoms with E-state index in [0.717, 1.165) is 5.56 Å². The predicted molar refractivity (Wildman–Crippen MR) is 92.4 cm³/mol. The van der Waals surface area contributed by atoms with E-state index < -0.39 is 10.0 Å². The number of tetrazole rings is 1. The molecular weight excluding hydrogens is 342 g/mol. The van der Waals surface area contributed by atoms with Crippen molar-refractivity contribution in [2.45, 2.75) is 18.7 Å². The molecule has 0 radical (unpaired) electrons. The van der Waals surface area contributed by atoms with E-state index >= 15 is 0 Å². The second-order valence-corrected chi connectivity index (χ2v) is 7.16. The normalized spacial score (nSPS) is 11.3. The van der Waals surface area contributed by atoms with Gasteiger partial charge in [-0.15, -0.1) is 5.10 Å². The van der Waals surface area contributed by atoms with E-state index in [0.29, 0.717) is 22.9 Å². The van der Waals surface area contributed by atoms with Crippen LogP contribution in [0.15, 0.2) is 47.4 Å². The first-order chi connectivity index (χ1) is 11.9. The lowest BCUT2D eigenvalue weighted by atomic mass is 10.2. The number of ether oxygens (including phenoxy) is 1. The Bertz CT molecular complexity index is 997. The molecule has 0 amide bonds. The zero-order valence-corrected chi connectivity index (χ0v) is 14.8. The summed E-state index contributed by atoms with van der Waals surface area (Å²) >= 11 is 0. The number of anilines is 1. The predicted octanol–water partition coefficient (Wildman–Crippen LogP) is 2.09. The molecule has 0 bridgehead atoms. The Hall–Kier alpha value is -2.94. The molecule has 25 heavy (non-hydrogen) atoms. The monoisotopic (exact) mass is 359 g/mol. The number of nitrogens with zero attached hydrogens (tertiary/aromatic N) is 4. The van der Waals surface area contributed by atoms with Crippen molar-refractivity contribution < 1.29 is 13.2 Å². The zero-order valence-electron chi connectivity index (χ0n) is 14.0. The van der Waals surface area contributed by atoms with Crippen LogP contribution in [-0.4, -0.2) is 35.7 Å². The van der Waals surface area contributed by atoms with Crippen molar-refractivity contribution in [3.05, 3.63) is 53.9 Å². The van der Waals surface area contributed by atoms with Gasteiger partial charge >= 0.3 is 0 Å². The summed E-state index contributed by atoms with van der Waals surface area (Å²) in [5.74, 6) is 1.05. The zero-order chi connectivity index (χ0) is 18.0. The number of hydrogen-bond donors (Lipinski definition) is 1. The van der Waals surface area contributed by atoms with Crippen molar-refractivity contribution >= 4 is 15.7 Å². The van der Waals surface area contributed by atoms with Gasteiger partial charge in [-0.3, -0.25) is 4.72 Å². The first-order valence-electron chi connectivity index (χ1n) is 7.43. The van der Waals surface area contributed by atoms with E-state index in [9.17, 15) is 8.42 Å². The largest absolute Gasteiger partial charge is 0.497 e. The van der Waals surface area contributed by atoms with Crippen molar-refractivity contribution in [3.63, 3.8) is 0 Å². The van der Waals surface area contributed by atoms with Crippen molar-refractivity contribution in [3.8, 4) is 11.4 Å². The van der Waals surface area contributed by atoms with Gasteiger partial charge in [0.2, 0.25) is 0 Å². The third-order valence-corrected chi connectivity index (χ3v) is 4.98. The number of methoxy groups -OCH3 is 1. The van der Waals surface area contributed by atoms with Crippen LogP contribution >= 0.6 is 0 Å². The molecule has 8 nitrogen and oxygen atoms in total. The quantitative estimate of drug-likeness (QED) is 0.749. The highest BCUT2D eigenvalue weighted by atomic mass is 32.2. The summed E-state index contributed by atoms with van der Waals surface area (Å²) in [7, 11) is -2.21. The molecule has 3 rings (SSSR count). The molecule has 0 aliphatic carbocycles. The number of hydrogen-bond acceptors (Lipinski definition) is 6. The number of sulfonamides is 1. The van der Waals surface area contributed by atoms with Gasteiger partial charge in [0.15, 0.2) is 5.82 Å². The average molecular weight is 359 g/mol. The molecule has 3 aromatic rings. The summed E-state index contributed by atoms with van der Waals surface area (Å²) in [4.78, 5) is 0.182. The molecule has 0 fully saturated rings. The molecule has 0 saturated carbocycles. The van der Waals surface area contributed by atoms with Crippen LogP contribution < -0.4 is 9.46 Å². The van der Waals surface area contributed by atoms with Gasteiger partial charge in [-0.05, 0) is 42.5 Å². The maximum atomic E-state index is 12.6. The number of benzene rings is 2. The van der Waals surface area contributed by atoms with Gasteiger partial charge in [-0.25, -0.2) is 8.42 Å². The lowest BCUT2D eigenvalue weighted by molar-refractivity contribution is 0.414. The third kappa shape index (κ3) is 3.61. The lowest BCUT2D eigenvalue weighted by Gasteiger charge is -2.12. The smallest absolute Gasteiger partial charge is 0.261 e. The number of aryl methyl sites for hydroxylation is 2. The lowest BCUT2D eigenvalue weighted by Crippen LogP contribution is -2.13. The minimum atomic E-state index is -3.72. The van der Waals surface area contributed by atoms with Crippen LogP contribution in [0.1, 0.15) is 11.4 Å². The fourth-order valence-electron chi connectivity index (χ4n) is 2.28. The van der Waals surface area contributed by atoms with Crippen molar-refractivity contribution in [1.29, 1.82) is 0 Å². The van der Waals surface area contributed by atoms with Gasteiger partial charge in [-0.2, -0.15) is 4.68 Å². The molecule has 1 aromatic heterocycles. The molecule has 130 valence electrons. The van der Waals surface area contributed by atoms with Gasteiger partial charge in [0, 0.05) is 12.1 Å². The van der Waals surface area contributed by atoms with Crippen LogP contribution in [0.4, 0.5) is 5.69 Å². The Balaban J connectivity index is 1.99. The minimum Gasteiger partial charge on any atom is -0.497 e. The summed E-state index contributed by atoms with van der Waals surface area (Å²) in [6.45, 7) is 3.64. The second kappa shape index (κ2) is 6.52. The molecule has 1 N–H and O–H groups in total. The number of aromatic nitrogens is 4. The molecule has 1 heterocycles. The van der Waals surface area contributed by atoms with E-state index in [1.54, 1.807) is 49.4 Å². The molecule has 0 aliphatic heterocycles. The Morgan fingerprint density at radius 3 is 2.40 bits per heavy atom. The minimum absolute atomic E-state index is 0.182. The maximum Gasteiger partial charge on any atom is 0.261 e.